The van der Waals surface area contributed by atoms with Crippen molar-refractivity contribution in [2.45, 2.75) is 32.8 Å². The summed E-state index contributed by atoms with van der Waals surface area (Å²) in [5.74, 6) is 0. The van der Waals surface area contributed by atoms with Gasteiger partial charge in [-0.3, -0.25) is 0 Å². The summed E-state index contributed by atoms with van der Waals surface area (Å²) in [7, 11) is 0. The monoisotopic (exact) mass is 128 g/mol. The predicted molar refractivity (Wildman–Crippen MR) is 40.5 cm³/mol. The van der Waals surface area contributed by atoms with Crippen LogP contribution in [-0.4, -0.2) is 12.7 Å². The lowest BCUT2D eigenvalue weighted by Crippen LogP contribution is -2.06. The third-order valence-electron chi connectivity index (χ3n) is 1.23. The van der Waals surface area contributed by atoms with E-state index in [2.05, 4.69) is 13.5 Å². The summed E-state index contributed by atoms with van der Waals surface area (Å²) >= 11 is 0. The zero-order chi connectivity index (χ0) is 7.11. The molecule has 0 N–H and O–H groups in total. The molecule has 0 spiro atoms. The fourth-order valence-corrected chi connectivity index (χ4v) is 0.720. The Labute approximate surface area is 57.7 Å². The summed E-state index contributed by atoms with van der Waals surface area (Å²) in [6.45, 7) is 8.56. The van der Waals surface area contributed by atoms with Crippen LogP contribution >= 0.6 is 0 Å². The zero-order valence-electron chi connectivity index (χ0n) is 6.39. The van der Waals surface area contributed by atoms with Gasteiger partial charge in [0.05, 0.1) is 6.10 Å². The second-order valence-electron chi connectivity index (χ2n) is 2.13. The minimum Gasteiger partial charge on any atom is -0.379 e. The molecule has 0 fully saturated rings. The molecule has 9 heavy (non-hydrogen) atoms. The molecule has 1 nitrogen and oxygen atoms in total. The lowest BCUT2D eigenvalue weighted by Gasteiger charge is -2.08. The van der Waals surface area contributed by atoms with Gasteiger partial charge < -0.3 is 4.74 Å². The van der Waals surface area contributed by atoms with Crippen molar-refractivity contribution in [3.63, 3.8) is 0 Å². The minimum atomic E-state index is 0.396. The molecule has 0 aliphatic carbocycles. The summed E-state index contributed by atoms with van der Waals surface area (Å²) in [4.78, 5) is 0. The van der Waals surface area contributed by atoms with Crippen LogP contribution in [0.5, 0.6) is 0 Å². The van der Waals surface area contributed by atoms with E-state index in [4.69, 9.17) is 4.74 Å². The molecule has 0 aromatic heterocycles. The molecular formula is C8H16O. The van der Waals surface area contributed by atoms with E-state index in [-0.39, 0.29) is 0 Å². The first-order valence-corrected chi connectivity index (χ1v) is 3.53. The molecule has 0 saturated carbocycles. The second kappa shape index (κ2) is 5.83. The number of allylic oxidation sites excluding steroid dienone is 1. The van der Waals surface area contributed by atoms with Crippen LogP contribution in [0.1, 0.15) is 26.7 Å². The topological polar surface area (TPSA) is 9.23 Å². The number of hydrogen-bond acceptors (Lipinski definition) is 1. The number of rotatable bonds is 5. The van der Waals surface area contributed by atoms with Crippen LogP contribution < -0.4 is 0 Å². The van der Waals surface area contributed by atoms with E-state index >= 15 is 0 Å². The molecule has 0 radical (unpaired) electrons. The Hall–Kier alpha value is -0.300. The highest BCUT2D eigenvalue weighted by atomic mass is 16.5. The van der Waals surface area contributed by atoms with Crippen molar-refractivity contribution in [1.29, 1.82) is 0 Å². The summed E-state index contributed by atoms with van der Waals surface area (Å²) in [5, 5.41) is 0. The van der Waals surface area contributed by atoms with Gasteiger partial charge in [0.25, 0.3) is 0 Å². The molecule has 0 aliphatic rings. The van der Waals surface area contributed by atoms with Gasteiger partial charge in [-0.05, 0) is 26.7 Å². The van der Waals surface area contributed by atoms with E-state index in [0.717, 1.165) is 19.4 Å². The van der Waals surface area contributed by atoms with E-state index in [9.17, 15) is 0 Å². The van der Waals surface area contributed by atoms with Crippen molar-refractivity contribution < 1.29 is 4.74 Å². The van der Waals surface area contributed by atoms with Crippen LogP contribution in [0.25, 0.3) is 0 Å². The van der Waals surface area contributed by atoms with Crippen LogP contribution in [0.2, 0.25) is 0 Å². The fraction of sp³-hybridized carbons (Fsp3) is 0.750. The molecule has 0 heterocycles. The molecule has 0 aliphatic heterocycles. The van der Waals surface area contributed by atoms with Gasteiger partial charge in [0.1, 0.15) is 0 Å². The highest BCUT2D eigenvalue weighted by Gasteiger charge is 1.96. The maximum atomic E-state index is 5.30. The van der Waals surface area contributed by atoms with Gasteiger partial charge in [-0.1, -0.05) is 6.08 Å². The molecule has 1 heteroatoms. The molecule has 0 rings (SSSR count). The fourth-order valence-electron chi connectivity index (χ4n) is 0.720. The Balaban J connectivity index is 3.04. The van der Waals surface area contributed by atoms with Crippen LogP contribution in [0.3, 0.4) is 0 Å². The lowest BCUT2D eigenvalue weighted by molar-refractivity contribution is 0.0711. The van der Waals surface area contributed by atoms with Crippen molar-refractivity contribution >= 4 is 0 Å². The van der Waals surface area contributed by atoms with E-state index in [1.807, 2.05) is 13.0 Å². The van der Waals surface area contributed by atoms with Crippen LogP contribution in [0.4, 0.5) is 0 Å². The third-order valence-corrected chi connectivity index (χ3v) is 1.23. The Bertz CT molecular complexity index is 69.0. The van der Waals surface area contributed by atoms with Crippen molar-refractivity contribution in [2.75, 3.05) is 6.61 Å². The molecule has 0 amide bonds. The van der Waals surface area contributed by atoms with Crippen LogP contribution in [0, 0.1) is 0 Å². The summed E-state index contributed by atoms with van der Waals surface area (Å²) in [6.07, 6.45) is 4.47. The van der Waals surface area contributed by atoms with E-state index in [0.29, 0.717) is 6.10 Å². The lowest BCUT2D eigenvalue weighted by atomic mass is 10.2. The average Bonchev–Trinajstić information content (AvgIpc) is 1.85. The van der Waals surface area contributed by atoms with Crippen LogP contribution in [0.15, 0.2) is 12.7 Å². The standard InChI is InChI=1S/C8H16O/c1-4-6-7-8(3)9-5-2/h4,8H,1,5-7H2,2-3H3. The summed E-state index contributed by atoms with van der Waals surface area (Å²) in [6, 6.07) is 0. The molecular weight excluding hydrogens is 112 g/mol. The summed E-state index contributed by atoms with van der Waals surface area (Å²) < 4.78 is 5.30. The van der Waals surface area contributed by atoms with Gasteiger partial charge in [-0.2, -0.15) is 0 Å². The number of hydrogen-bond donors (Lipinski definition) is 0. The van der Waals surface area contributed by atoms with E-state index in [1.165, 1.54) is 0 Å². The molecule has 1 atom stereocenters. The van der Waals surface area contributed by atoms with E-state index in [1.54, 1.807) is 0 Å². The van der Waals surface area contributed by atoms with Gasteiger partial charge in [-0.15, -0.1) is 6.58 Å². The molecule has 1 unspecified atom stereocenters. The largest absolute Gasteiger partial charge is 0.379 e. The van der Waals surface area contributed by atoms with Gasteiger partial charge in [0.15, 0.2) is 0 Å². The van der Waals surface area contributed by atoms with Crippen molar-refractivity contribution in [2.24, 2.45) is 0 Å². The Morgan fingerprint density at radius 1 is 1.67 bits per heavy atom. The normalized spacial score (nSPS) is 13.1. The van der Waals surface area contributed by atoms with Crippen molar-refractivity contribution in [3.8, 4) is 0 Å². The smallest absolute Gasteiger partial charge is 0.0549 e. The molecule has 0 aromatic carbocycles. The molecule has 0 aromatic rings. The van der Waals surface area contributed by atoms with Gasteiger partial charge in [-0.25, -0.2) is 0 Å². The maximum absolute atomic E-state index is 5.30. The third kappa shape index (κ3) is 5.57. The maximum Gasteiger partial charge on any atom is 0.0549 e. The second-order valence-corrected chi connectivity index (χ2v) is 2.13. The van der Waals surface area contributed by atoms with Gasteiger partial charge in [0.2, 0.25) is 0 Å². The first-order chi connectivity index (χ1) is 4.31. The van der Waals surface area contributed by atoms with Crippen LogP contribution in [-0.2, 0) is 4.74 Å². The quantitative estimate of drug-likeness (QED) is 0.516. The average molecular weight is 128 g/mol. The van der Waals surface area contributed by atoms with Crippen molar-refractivity contribution in [3.05, 3.63) is 12.7 Å². The first-order valence-electron chi connectivity index (χ1n) is 3.53. The Morgan fingerprint density at radius 3 is 2.78 bits per heavy atom. The first kappa shape index (κ1) is 8.70. The highest BCUT2D eigenvalue weighted by Crippen LogP contribution is 2.00. The molecule has 0 bridgehead atoms. The molecule has 0 saturated heterocycles. The van der Waals surface area contributed by atoms with E-state index < -0.39 is 0 Å². The summed E-state index contributed by atoms with van der Waals surface area (Å²) in [5.41, 5.74) is 0. The Morgan fingerprint density at radius 2 is 2.33 bits per heavy atom. The molecule has 54 valence electrons. The minimum absolute atomic E-state index is 0.396. The van der Waals surface area contributed by atoms with Gasteiger partial charge in [0, 0.05) is 6.61 Å². The number of ether oxygens (including phenoxy) is 1. The van der Waals surface area contributed by atoms with Gasteiger partial charge >= 0.3 is 0 Å². The van der Waals surface area contributed by atoms with Crippen molar-refractivity contribution in [1.82, 2.24) is 0 Å². The Kier molecular flexibility index (Phi) is 5.64. The highest BCUT2D eigenvalue weighted by molar-refractivity contribution is 4.67. The zero-order valence-corrected chi connectivity index (χ0v) is 6.39. The SMILES string of the molecule is C=CCCC(C)OCC. The predicted octanol–water partition coefficient (Wildman–Crippen LogP) is 2.38.